The van der Waals surface area contributed by atoms with E-state index in [0.717, 1.165) is 16.7 Å². The second-order valence-electron chi connectivity index (χ2n) is 7.64. The van der Waals surface area contributed by atoms with Gasteiger partial charge < -0.3 is 10.2 Å². The Morgan fingerprint density at radius 2 is 1.67 bits per heavy atom. The highest BCUT2D eigenvalue weighted by Gasteiger charge is 2.28. The molecule has 2 amide bonds. The summed E-state index contributed by atoms with van der Waals surface area (Å²) in [5, 5.41) is 3.27. The van der Waals surface area contributed by atoms with E-state index in [1.165, 1.54) is 12.1 Å². The number of benzene rings is 2. The predicted octanol–water partition coefficient (Wildman–Crippen LogP) is 4.46. The molecular formula is C23H24Cl2N2O3. The number of halogens is 2. The van der Waals surface area contributed by atoms with Crippen LogP contribution in [0.4, 0.5) is 0 Å². The summed E-state index contributed by atoms with van der Waals surface area (Å²) in [7, 11) is 0. The third-order valence-electron chi connectivity index (χ3n) is 5.44. The van der Waals surface area contributed by atoms with Crippen LogP contribution in [0.15, 0.2) is 36.4 Å². The maximum absolute atomic E-state index is 12.9. The predicted molar refractivity (Wildman–Crippen MR) is 118 cm³/mol. The molecule has 5 nitrogen and oxygen atoms in total. The average molecular weight is 447 g/mol. The van der Waals surface area contributed by atoms with Crippen molar-refractivity contribution in [1.82, 2.24) is 10.2 Å². The van der Waals surface area contributed by atoms with Crippen LogP contribution in [0.2, 0.25) is 10.0 Å². The molecule has 0 spiro atoms. The van der Waals surface area contributed by atoms with Crippen molar-refractivity contribution in [2.24, 2.45) is 5.92 Å². The molecule has 1 aliphatic rings. The molecule has 30 heavy (non-hydrogen) atoms. The summed E-state index contributed by atoms with van der Waals surface area (Å²) in [5.41, 5.74) is 3.15. The van der Waals surface area contributed by atoms with Crippen LogP contribution < -0.4 is 5.32 Å². The van der Waals surface area contributed by atoms with E-state index in [4.69, 9.17) is 23.2 Å². The van der Waals surface area contributed by atoms with E-state index in [0.29, 0.717) is 31.0 Å². The van der Waals surface area contributed by atoms with Crippen molar-refractivity contribution in [3.8, 4) is 0 Å². The van der Waals surface area contributed by atoms with Gasteiger partial charge in [-0.1, -0.05) is 47.0 Å². The molecule has 1 N–H and O–H groups in total. The average Bonchev–Trinajstić information content (AvgIpc) is 2.71. The van der Waals surface area contributed by atoms with E-state index < -0.39 is 5.91 Å². The number of carbonyl (C=O) groups excluding carboxylic acids is 3. The molecule has 0 radical (unpaired) electrons. The van der Waals surface area contributed by atoms with E-state index in [2.05, 4.69) is 5.32 Å². The fourth-order valence-electron chi connectivity index (χ4n) is 3.74. The van der Waals surface area contributed by atoms with Crippen LogP contribution in [-0.4, -0.2) is 42.1 Å². The van der Waals surface area contributed by atoms with Gasteiger partial charge in [-0.2, -0.15) is 0 Å². The molecular weight excluding hydrogens is 423 g/mol. The Hall–Kier alpha value is -2.37. The molecule has 7 heteroatoms. The number of hydrogen-bond donors (Lipinski definition) is 1. The minimum absolute atomic E-state index is 0.0853. The second kappa shape index (κ2) is 9.63. The summed E-state index contributed by atoms with van der Waals surface area (Å²) in [6, 6.07) is 10.4. The molecule has 1 aliphatic heterocycles. The summed E-state index contributed by atoms with van der Waals surface area (Å²) in [6.45, 7) is 4.84. The SMILES string of the molecule is Cc1ccc(C(=O)C2CCN(C(=O)CNC(=O)c3ccc(Cl)cc3Cl)CC2)c(C)c1. The molecule has 158 valence electrons. The van der Waals surface area contributed by atoms with Crippen LogP contribution >= 0.6 is 23.2 Å². The molecule has 1 fully saturated rings. The van der Waals surface area contributed by atoms with Gasteiger partial charge in [0.2, 0.25) is 5.91 Å². The maximum atomic E-state index is 12.9. The van der Waals surface area contributed by atoms with E-state index in [1.807, 2.05) is 32.0 Å². The summed E-state index contributed by atoms with van der Waals surface area (Å²) in [6.07, 6.45) is 1.24. The third-order valence-corrected chi connectivity index (χ3v) is 5.99. The fourth-order valence-corrected chi connectivity index (χ4v) is 4.23. The maximum Gasteiger partial charge on any atom is 0.253 e. The van der Waals surface area contributed by atoms with Gasteiger partial charge in [0.15, 0.2) is 5.78 Å². The van der Waals surface area contributed by atoms with Gasteiger partial charge in [0.1, 0.15) is 0 Å². The fraction of sp³-hybridized carbons (Fsp3) is 0.348. The van der Waals surface area contributed by atoms with Crippen molar-refractivity contribution < 1.29 is 14.4 Å². The third kappa shape index (κ3) is 5.21. The molecule has 3 rings (SSSR count). The van der Waals surface area contributed by atoms with Crippen molar-refractivity contribution in [3.05, 3.63) is 68.7 Å². The number of carbonyl (C=O) groups is 3. The van der Waals surface area contributed by atoms with Crippen LogP contribution in [-0.2, 0) is 4.79 Å². The van der Waals surface area contributed by atoms with Crippen molar-refractivity contribution in [2.45, 2.75) is 26.7 Å². The van der Waals surface area contributed by atoms with E-state index >= 15 is 0 Å². The van der Waals surface area contributed by atoms with Gasteiger partial charge in [-0.25, -0.2) is 0 Å². The molecule has 0 aromatic heterocycles. The lowest BCUT2D eigenvalue weighted by molar-refractivity contribution is -0.131. The zero-order chi connectivity index (χ0) is 21.8. The quantitative estimate of drug-likeness (QED) is 0.689. The van der Waals surface area contributed by atoms with Gasteiger partial charge >= 0.3 is 0 Å². The monoisotopic (exact) mass is 446 g/mol. The number of piperidine rings is 1. The molecule has 2 aromatic carbocycles. The Bertz CT molecular complexity index is 982. The smallest absolute Gasteiger partial charge is 0.253 e. The minimum Gasteiger partial charge on any atom is -0.343 e. The number of ketones is 1. The van der Waals surface area contributed by atoms with Gasteiger partial charge in [0, 0.05) is 29.6 Å². The highest BCUT2D eigenvalue weighted by atomic mass is 35.5. The summed E-state index contributed by atoms with van der Waals surface area (Å²) < 4.78 is 0. The Kier molecular flexibility index (Phi) is 7.16. The van der Waals surface area contributed by atoms with Gasteiger partial charge in [-0.15, -0.1) is 0 Å². The van der Waals surface area contributed by atoms with E-state index in [9.17, 15) is 14.4 Å². The summed E-state index contributed by atoms with van der Waals surface area (Å²) in [4.78, 5) is 39.3. The number of aryl methyl sites for hydroxylation is 2. The molecule has 0 aliphatic carbocycles. The topological polar surface area (TPSA) is 66.5 Å². The molecule has 0 unspecified atom stereocenters. The van der Waals surface area contributed by atoms with Gasteiger partial charge in [0.25, 0.3) is 5.91 Å². The lowest BCUT2D eigenvalue weighted by Gasteiger charge is -2.31. The summed E-state index contributed by atoms with van der Waals surface area (Å²) in [5.74, 6) is -0.543. The van der Waals surface area contributed by atoms with Crippen molar-refractivity contribution in [2.75, 3.05) is 19.6 Å². The van der Waals surface area contributed by atoms with E-state index in [1.54, 1.807) is 11.0 Å². The standard InChI is InChI=1S/C23H24Cl2N2O3/c1-14-3-5-18(15(2)11-14)22(29)16-7-9-27(10-8-16)21(28)13-26-23(30)19-6-4-17(24)12-20(19)25/h3-6,11-12,16H,7-10,13H2,1-2H3,(H,26,30). The number of likely N-dealkylation sites (tertiary alicyclic amines) is 1. The Morgan fingerprint density at radius 3 is 2.30 bits per heavy atom. The number of hydrogen-bond acceptors (Lipinski definition) is 3. The first kappa shape index (κ1) is 22.3. The van der Waals surface area contributed by atoms with Crippen molar-refractivity contribution >= 4 is 40.8 Å². The Labute approximate surface area is 186 Å². The first-order chi connectivity index (χ1) is 14.3. The first-order valence-electron chi connectivity index (χ1n) is 9.88. The molecule has 1 saturated heterocycles. The number of Topliss-reactive ketones (excluding diaryl/α,β-unsaturated/α-hetero) is 1. The van der Waals surface area contributed by atoms with Crippen molar-refractivity contribution in [3.63, 3.8) is 0 Å². The second-order valence-corrected chi connectivity index (χ2v) is 8.49. The van der Waals surface area contributed by atoms with Crippen LogP contribution in [0.25, 0.3) is 0 Å². The van der Waals surface area contributed by atoms with Gasteiger partial charge in [0.05, 0.1) is 17.1 Å². The number of nitrogens with one attached hydrogen (secondary N) is 1. The normalized spacial score (nSPS) is 14.5. The molecule has 1 heterocycles. The Morgan fingerprint density at radius 1 is 1.00 bits per heavy atom. The number of nitrogens with zero attached hydrogens (tertiary/aromatic N) is 1. The number of rotatable bonds is 5. The lowest BCUT2D eigenvalue weighted by atomic mass is 9.87. The molecule has 0 bridgehead atoms. The summed E-state index contributed by atoms with van der Waals surface area (Å²) >= 11 is 11.9. The highest BCUT2D eigenvalue weighted by Crippen LogP contribution is 2.24. The van der Waals surface area contributed by atoms with E-state index in [-0.39, 0.29) is 34.7 Å². The van der Waals surface area contributed by atoms with Crippen molar-refractivity contribution in [1.29, 1.82) is 0 Å². The highest BCUT2D eigenvalue weighted by molar-refractivity contribution is 6.36. The van der Waals surface area contributed by atoms with Gasteiger partial charge in [-0.05, 0) is 50.5 Å². The molecule has 0 atom stereocenters. The van der Waals surface area contributed by atoms with Crippen LogP contribution in [0, 0.1) is 19.8 Å². The molecule has 2 aromatic rings. The number of amides is 2. The largest absolute Gasteiger partial charge is 0.343 e. The molecule has 0 saturated carbocycles. The van der Waals surface area contributed by atoms with Crippen LogP contribution in [0.3, 0.4) is 0 Å². The lowest BCUT2D eigenvalue weighted by Crippen LogP contribution is -2.45. The minimum atomic E-state index is -0.426. The first-order valence-corrected chi connectivity index (χ1v) is 10.6. The van der Waals surface area contributed by atoms with Crippen LogP contribution in [0.1, 0.15) is 44.7 Å². The van der Waals surface area contributed by atoms with Crippen LogP contribution in [0.5, 0.6) is 0 Å². The Balaban J connectivity index is 1.51. The zero-order valence-electron chi connectivity index (χ0n) is 17.0. The zero-order valence-corrected chi connectivity index (χ0v) is 18.5. The van der Waals surface area contributed by atoms with Gasteiger partial charge in [-0.3, -0.25) is 14.4 Å².